The fourth-order valence-electron chi connectivity index (χ4n) is 4.02. The first-order valence-corrected chi connectivity index (χ1v) is 11.6. The normalized spacial score (nSPS) is 11.9. The van der Waals surface area contributed by atoms with E-state index < -0.39 is 0 Å². The second-order valence-corrected chi connectivity index (χ2v) is 8.27. The summed E-state index contributed by atoms with van der Waals surface area (Å²) in [6, 6.07) is 19.8. The number of H-pyrrole nitrogens is 1. The summed E-state index contributed by atoms with van der Waals surface area (Å²) >= 11 is 0. The van der Waals surface area contributed by atoms with E-state index in [2.05, 4.69) is 30.1 Å². The fourth-order valence-corrected chi connectivity index (χ4v) is 4.02. The zero-order valence-electron chi connectivity index (χ0n) is 20.1. The second-order valence-electron chi connectivity index (χ2n) is 8.27. The molecule has 0 aliphatic carbocycles. The number of hydrogen-bond donors (Lipinski definition) is 3. The van der Waals surface area contributed by atoms with E-state index in [0.29, 0.717) is 23.5 Å². The molecule has 4 rings (SSSR count). The molecule has 0 bridgehead atoms. The van der Waals surface area contributed by atoms with Crippen molar-refractivity contribution >= 4 is 5.71 Å². The maximum Gasteiger partial charge on any atom is 0.114 e. The Hall–Kier alpha value is -4.06. The topological polar surface area (TPSA) is 104 Å². The molecule has 0 aliphatic heterocycles. The van der Waals surface area contributed by atoms with Crippen LogP contribution in [0.25, 0.3) is 33.9 Å². The quantitative estimate of drug-likeness (QED) is 0.297. The molecule has 172 valence electrons. The van der Waals surface area contributed by atoms with Gasteiger partial charge >= 0.3 is 0 Å². The Balaban J connectivity index is 1.77. The standard InChI is InChI=1S/C28H30N6/c1-5-21(29)17(3)27(30)25-15-9-13-23(31-25)19-11-7-8-12-20(19)24-14-10-16-26(32-24)28-18(4)22(6-2)33-34-28/h7-16,30H,5-6,29H2,1-4H3,(H,33,34). The van der Waals surface area contributed by atoms with Crippen LogP contribution >= 0.6 is 0 Å². The second kappa shape index (κ2) is 9.83. The van der Waals surface area contributed by atoms with E-state index >= 15 is 0 Å². The summed E-state index contributed by atoms with van der Waals surface area (Å²) < 4.78 is 0. The van der Waals surface area contributed by atoms with Crippen molar-refractivity contribution < 1.29 is 0 Å². The van der Waals surface area contributed by atoms with Crippen molar-refractivity contribution in [3.63, 3.8) is 0 Å². The molecule has 6 nitrogen and oxygen atoms in total. The van der Waals surface area contributed by atoms with E-state index in [0.717, 1.165) is 57.2 Å². The number of aromatic nitrogens is 4. The fraction of sp³-hybridized carbons (Fsp3) is 0.214. The van der Waals surface area contributed by atoms with E-state index in [1.54, 1.807) is 0 Å². The van der Waals surface area contributed by atoms with Gasteiger partial charge in [-0.2, -0.15) is 5.10 Å². The van der Waals surface area contributed by atoms with Crippen LogP contribution in [0.2, 0.25) is 0 Å². The molecule has 4 aromatic rings. The van der Waals surface area contributed by atoms with Crippen molar-refractivity contribution in [1.29, 1.82) is 5.41 Å². The lowest BCUT2D eigenvalue weighted by molar-refractivity contribution is 0.969. The average molecular weight is 451 g/mol. The molecular formula is C28H30N6. The van der Waals surface area contributed by atoms with Gasteiger partial charge in [0.05, 0.1) is 28.5 Å². The molecular weight excluding hydrogens is 420 g/mol. The van der Waals surface area contributed by atoms with Crippen molar-refractivity contribution in [1.82, 2.24) is 20.2 Å². The summed E-state index contributed by atoms with van der Waals surface area (Å²) in [4.78, 5) is 9.77. The predicted octanol–water partition coefficient (Wildman–Crippen LogP) is 6.08. The van der Waals surface area contributed by atoms with Crippen LogP contribution in [0.5, 0.6) is 0 Å². The van der Waals surface area contributed by atoms with Crippen molar-refractivity contribution in [3.8, 4) is 33.9 Å². The predicted molar refractivity (Wildman–Crippen MR) is 139 cm³/mol. The summed E-state index contributed by atoms with van der Waals surface area (Å²) in [6.07, 6.45) is 1.60. The zero-order chi connectivity index (χ0) is 24.2. The number of benzene rings is 1. The van der Waals surface area contributed by atoms with Crippen molar-refractivity contribution in [2.24, 2.45) is 5.73 Å². The van der Waals surface area contributed by atoms with Gasteiger partial charge < -0.3 is 5.73 Å². The van der Waals surface area contributed by atoms with Crippen molar-refractivity contribution in [2.45, 2.75) is 40.5 Å². The van der Waals surface area contributed by atoms with Gasteiger partial charge in [-0.15, -0.1) is 0 Å². The minimum Gasteiger partial charge on any atom is -0.402 e. The minimum absolute atomic E-state index is 0.347. The summed E-state index contributed by atoms with van der Waals surface area (Å²) in [5.41, 5.74) is 16.0. The van der Waals surface area contributed by atoms with E-state index in [1.165, 1.54) is 0 Å². The number of aromatic amines is 1. The van der Waals surface area contributed by atoms with Crippen LogP contribution in [0.1, 0.15) is 44.1 Å². The molecule has 0 saturated heterocycles. The Morgan fingerprint density at radius 3 is 2.12 bits per heavy atom. The maximum absolute atomic E-state index is 8.59. The van der Waals surface area contributed by atoms with Gasteiger partial charge in [0, 0.05) is 22.5 Å². The van der Waals surface area contributed by atoms with Crippen LogP contribution in [0.4, 0.5) is 0 Å². The molecule has 0 aliphatic rings. The zero-order valence-corrected chi connectivity index (χ0v) is 20.1. The van der Waals surface area contributed by atoms with Gasteiger partial charge in [-0.3, -0.25) is 10.5 Å². The molecule has 0 unspecified atom stereocenters. The number of nitrogens with two attached hydrogens (primary N) is 1. The highest BCUT2D eigenvalue weighted by molar-refractivity contribution is 6.09. The number of nitrogens with zero attached hydrogens (tertiary/aromatic N) is 3. The number of nitrogens with one attached hydrogen (secondary N) is 2. The lowest BCUT2D eigenvalue weighted by Crippen LogP contribution is -2.10. The number of hydrogen-bond acceptors (Lipinski definition) is 5. The first-order chi connectivity index (χ1) is 16.4. The Labute approximate surface area is 200 Å². The number of allylic oxidation sites excluding steroid dienone is 2. The number of aryl methyl sites for hydroxylation is 1. The maximum atomic E-state index is 8.59. The molecule has 4 N–H and O–H groups in total. The average Bonchev–Trinajstić information content (AvgIpc) is 3.27. The van der Waals surface area contributed by atoms with Gasteiger partial charge in [0.2, 0.25) is 0 Å². The molecule has 3 aromatic heterocycles. The Morgan fingerprint density at radius 1 is 0.882 bits per heavy atom. The highest BCUT2D eigenvalue weighted by Gasteiger charge is 2.15. The smallest absolute Gasteiger partial charge is 0.114 e. The Morgan fingerprint density at radius 2 is 1.50 bits per heavy atom. The SMILES string of the molecule is CCC(N)=C(C)C(=N)c1cccc(-c2ccccc2-c2cccc(-c3n[nH]c(CC)c3C)n2)n1. The first-order valence-electron chi connectivity index (χ1n) is 11.6. The summed E-state index contributed by atoms with van der Waals surface area (Å²) in [5.74, 6) is 0. The molecule has 0 fully saturated rings. The highest BCUT2D eigenvalue weighted by atomic mass is 15.1. The first kappa shape index (κ1) is 23.1. The number of rotatable bonds is 7. The number of pyridine rings is 2. The minimum atomic E-state index is 0.347. The van der Waals surface area contributed by atoms with E-state index in [9.17, 15) is 0 Å². The third-order valence-electron chi connectivity index (χ3n) is 6.18. The van der Waals surface area contributed by atoms with Crippen LogP contribution in [0.15, 0.2) is 71.9 Å². The van der Waals surface area contributed by atoms with Crippen LogP contribution in [-0.2, 0) is 6.42 Å². The summed E-state index contributed by atoms with van der Waals surface area (Å²) in [7, 11) is 0. The molecule has 1 aromatic carbocycles. The molecule has 0 spiro atoms. The monoisotopic (exact) mass is 450 g/mol. The van der Waals surface area contributed by atoms with E-state index in [-0.39, 0.29) is 0 Å². The summed E-state index contributed by atoms with van der Waals surface area (Å²) in [6.45, 7) is 8.05. The molecule has 3 heterocycles. The van der Waals surface area contributed by atoms with Gasteiger partial charge in [-0.25, -0.2) is 9.97 Å². The van der Waals surface area contributed by atoms with Crippen molar-refractivity contribution in [2.75, 3.05) is 0 Å². The van der Waals surface area contributed by atoms with Gasteiger partial charge in [0.1, 0.15) is 5.69 Å². The van der Waals surface area contributed by atoms with Crippen LogP contribution < -0.4 is 5.73 Å². The highest BCUT2D eigenvalue weighted by Crippen LogP contribution is 2.32. The van der Waals surface area contributed by atoms with E-state index in [1.807, 2.05) is 68.4 Å². The lowest BCUT2D eigenvalue weighted by atomic mass is 9.99. The largest absolute Gasteiger partial charge is 0.402 e. The molecule has 0 atom stereocenters. The lowest BCUT2D eigenvalue weighted by Gasteiger charge is -2.12. The third-order valence-corrected chi connectivity index (χ3v) is 6.18. The Kier molecular flexibility index (Phi) is 6.68. The molecule has 34 heavy (non-hydrogen) atoms. The van der Waals surface area contributed by atoms with Crippen molar-refractivity contribution in [3.05, 3.63) is 88.9 Å². The van der Waals surface area contributed by atoms with Gasteiger partial charge in [0.25, 0.3) is 0 Å². The molecule has 0 amide bonds. The molecule has 0 saturated carbocycles. The van der Waals surface area contributed by atoms with Gasteiger partial charge in [-0.1, -0.05) is 50.2 Å². The molecule has 0 radical (unpaired) electrons. The summed E-state index contributed by atoms with van der Waals surface area (Å²) in [5, 5.41) is 16.2. The van der Waals surface area contributed by atoms with Gasteiger partial charge in [0.15, 0.2) is 0 Å². The van der Waals surface area contributed by atoms with E-state index in [4.69, 9.17) is 21.1 Å². The van der Waals surface area contributed by atoms with Gasteiger partial charge in [-0.05, 0) is 62.1 Å². The Bertz CT molecular complexity index is 1380. The van der Waals surface area contributed by atoms with Crippen LogP contribution in [-0.4, -0.2) is 25.9 Å². The van der Waals surface area contributed by atoms with Crippen LogP contribution in [0.3, 0.4) is 0 Å². The molecule has 6 heteroatoms. The third kappa shape index (κ3) is 4.39. The van der Waals surface area contributed by atoms with Crippen LogP contribution in [0, 0.1) is 12.3 Å².